The van der Waals surface area contributed by atoms with Crippen molar-refractivity contribution >= 4 is 11.8 Å². The van der Waals surface area contributed by atoms with Gasteiger partial charge in [0.05, 0.1) is 5.60 Å². The van der Waals surface area contributed by atoms with Gasteiger partial charge in [-0.1, -0.05) is 6.92 Å². The van der Waals surface area contributed by atoms with Gasteiger partial charge in [0.1, 0.15) is 5.54 Å². The Hall–Kier alpha value is -1.10. The van der Waals surface area contributed by atoms with E-state index in [1.165, 1.54) is 0 Å². The van der Waals surface area contributed by atoms with Crippen molar-refractivity contribution in [1.82, 2.24) is 10.2 Å². The van der Waals surface area contributed by atoms with E-state index in [1.807, 2.05) is 32.6 Å². The molecule has 0 aromatic heterocycles. The van der Waals surface area contributed by atoms with Crippen molar-refractivity contribution in [3.8, 4) is 0 Å². The molecule has 5 heteroatoms. The van der Waals surface area contributed by atoms with E-state index in [1.54, 1.807) is 14.0 Å². The summed E-state index contributed by atoms with van der Waals surface area (Å²) in [5.41, 5.74) is -1.06. The molecule has 2 unspecified atom stereocenters. The van der Waals surface area contributed by atoms with Crippen molar-refractivity contribution in [1.29, 1.82) is 0 Å². The second-order valence-electron chi connectivity index (χ2n) is 6.50. The average Bonchev–Trinajstić information content (AvgIpc) is 2.44. The Labute approximate surface area is 122 Å². The van der Waals surface area contributed by atoms with E-state index >= 15 is 0 Å². The standard InChI is InChI=1S/C15H28N2O3/c1-7-15(5)13(19)17(9-8-14(3,4)20-6)11(2)10-12(18)16-15/h11H,7-10H2,1-6H3,(H,16,18). The van der Waals surface area contributed by atoms with Crippen LogP contribution < -0.4 is 5.32 Å². The van der Waals surface area contributed by atoms with Gasteiger partial charge in [-0.3, -0.25) is 9.59 Å². The third-order valence-electron chi connectivity index (χ3n) is 4.38. The number of methoxy groups -OCH3 is 1. The van der Waals surface area contributed by atoms with Gasteiger partial charge < -0.3 is 15.0 Å². The number of carbonyl (C=O) groups excluding carboxylic acids is 2. The summed E-state index contributed by atoms with van der Waals surface area (Å²) in [6.07, 6.45) is 1.69. The van der Waals surface area contributed by atoms with Crippen molar-refractivity contribution < 1.29 is 14.3 Å². The van der Waals surface area contributed by atoms with Crippen molar-refractivity contribution in [2.75, 3.05) is 13.7 Å². The first kappa shape index (κ1) is 17.0. The van der Waals surface area contributed by atoms with Crippen LogP contribution in [-0.4, -0.2) is 47.6 Å². The van der Waals surface area contributed by atoms with Gasteiger partial charge in [-0.25, -0.2) is 0 Å². The maximum Gasteiger partial charge on any atom is 0.248 e. The van der Waals surface area contributed by atoms with Crippen LogP contribution in [0.1, 0.15) is 53.9 Å². The zero-order valence-corrected chi connectivity index (χ0v) is 13.6. The Balaban J connectivity index is 2.91. The molecular formula is C15H28N2O3. The fourth-order valence-electron chi connectivity index (χ4n) is 2.36. The van der Waals surface area contributed by atoms with Crippen LogP contribution in [0.15, 0.2) is 0 Å². The van der Waals surface area contributed by atoms with Gasteiger partial charge in [0, 0.05) is 26.1 Å². The maximum absolute atomic E-state index is 12.7. The smallest absolute Gasteiger partial charge is 0.248 e. The molecular weight excluding hydrogens is 256 g/mol. The molecule has 2 atom stereocenters. The molecule has 20 heavy (non-hydrogen) atoms. The molecule has 116 valence electrons. The Kier molecular flexibility index (Phi) is 5.19. The van der Waals surface area contributed by atoms with E-state index in [0.717, 1.165) is 6.42 Å². The highest BCUT2D eigenvalue weighted by atomic mass is 16.5. The van der Waals surface area contributed by atoms with Gasteiger partial charge >= 0.3 is 0 Å². The summed E-state index contributed by atoms with van der Waals surface area (Å²) in [4.78, 5) is 26.5. The average molecular weight is 284 g/mol. The molecule has 1 N–H and O–H groups in total. The summed E-state index contributed by atoms with van der Waals surface area (Å²) in [5.74, 6) is -0.0473. The van der Waals surface area contributed by atoms with Crippen LogP contribution in [-0.2, 0) is 14.3 Å². The van der Waals surface area contributed by atoms with Gasteiger partial charge in [0.2, 0.25) is 11.8 Å². The molecule has 1 rings (SSSR count). The van der Waals surface area contributed by atoms with Crippen molar-refractivity contribution in [3.63, 3.8) is 0 Å². The van der Waals surface area contributed by atoms with Crippen LogP contribution in [0, 0.1) is 0 Å². The lowest BCUT2D eigenvalue weighted by atomic mass is 9.96. The number of hydrogen-bond acceptors (Lipinski definition) is 3. The molecule has 1 fully saturated rings. The Morgan fingerprint density at radius 3 is 2.55 bits per heavy atom. The van der Waals surface area contributed by atoms with Gasteiger partial charge in [-0.2, -0.15) is 0 Å². The molecule has 1 saturated heterocycles. The van der Waals surface area contributed by atoms with Crippen molar-refractivity contribution in [2.45, 2.75) is 71.1 Å². The maximum atomic E-state index is 12.7. The van der Waals surface area contributed by atoms with Gasteiger partial charge in [-0.15, -0.1) is 0 Å². The van der Waals surface area contributed by atoms with E-state index in [9.17, 15) is 9.59 Å². The highest BCUT2D eigenvalue weighted by Crippen LogP contribution is 2.23. The summed E-state index contributed by atoms with van der Waals surface area (Å²) < 4.78 is 5.41. The van der Waals surface area contributed by atoms with E-state index in [2.05, 4.69) is 5.32 Å². The Bertz CT molecular complexity index is 381. The van der Waals surface area contributed by atoms with Crippen LogP contribution in [0.5, 0.6) is 0 Å². The summed E-state index contributed by atoms with van der Waals surface area (Å²) in [5, 5.41) is 2.86. The van der Waals surface area contributed by atoms with E-state index in [-0.39, 0.29) is 23.5 Å². The van der Waals surface area contributed by atoms with Gasteiger partial charge in [-0.05, 0) is 40.5 Å². The number of nitrogens with one attached hydrogen (secondary N) is 1. The van der Waals surface area contributed by atoms with Gasteiger partial charge in [0.15, 0.2) is 0 Å². The van der Waals surface area contributed by atoms with Crippen LogP contribution in [0.2, 0.25) is 0 Å². The number of ether oxygens (including phenoxy) is 1. The predicted octanol–water partition coefficient (Wildman–Crippen LogP) is 1.71. The minimum absolute atomic E-state index is 0.00486. The molecule has 0 aromatic rings. The highest BCUT2D eigenvalue weighted by Gasteiger charge is 2.41. The van der Waals surface area contributed by atoms with E-state index < -0.39 is 5.54 Å². The first-order valence-corrected chi connectivity index (χ1v) is 7.32. The second-order valence-corrected chi connectivity index (χ2v) is 6.50. The van der Waals surface area contributed by atoms with Gasteiger partial charge in [0.25, 0.3) is 0 Å². The quantitative estimate of drug-likeness (QED) is 0.836. The van der Waals surface area contributed by atoms with E-state index in [4.69, 9.17) is 4.74 Å². The molecule has 1 heterocycles. The van der Waals surface area contributed by atoms with Crippen LogP contribution >= 0.6 is 0 Å². The molecule has 5 nitrogen and oxygen atoms in total. The molecule has 1 aliphatic rings. The molecule has 0 bridgehead atoms. The first-order chi connectivity index (χ1) is 9.15. The van der Waals surface area contributed by atoms with Crippen molar-refractivity contribution in [2.24, 2.45) is 0 Å². The predicted molar refractivity (Wildman–Crippen MR) is 78.3 cm³/mol. The van der Waals surface area contributed by atoms with Crippen LogP contribution in [0.3, 0.4) is 0 Å². The minimum atomic E-state index is -0.793. The van der Waals surface area contributed by atoms with E-state index in [0.29, 0.717) is 19.4 Å². The Morgan fingerprint density at radius 2 is 2.05 bits per heavy atom. The number of amides is 2. The number of nitrogens with zero attached hydrogens (tertiary/aromatic N) is 1. The molecule has 0 aromatic carbocycles. The fourth-order valence-corrected chi connectivity index (χ4v) is 2.36. The molecule has 1 aliphatic heterocycles. The summed E-state index contributed by atoms with van der Waals surface area (Å²) in [6, 6.07) is -0.0801. The number of carbonyl (C=O) groups is 2. The lowest BCUT2D eigenvalue weighted by molar-refractivity contribution is -0.140. The Morgan fingerprint density at radius 1 is 1.45 bits per heavy atom. The van der Waals surface area contributed by atoms with Crippen LogP contribution in [0.4, 0.5) is 0 Å². The topological polar surface area (TPSA) is 58.6 Å². The number of hydrogen-bond donors (Lipinski definition) is 1. The summed E-state index contributed by atoms with van der Waals surface area (Å²) >= 11 is 0. The monoisotopic (exact) mass is 284 g/mol. The number of rotatable bonds is 5. The zero-order chi connectivity index (χ0) is 15.6. The highest BCUT2D eigenvalue weighted by molar-refractivity contribution is 5.93. The fraction of sp³-hybridized carbons (Fsp3) is 0.867. The lowest BCUT2D eigenvalue weighted by Crippen LogP contribution is -2.56. The molecule has 0 saturated carbocycles. The third-order valence-corrected chi connectivity index (χ3v) is 4.38. The lowest BCUT2D eigenvalue weighted by Gasteiger charge is -2.35. The first-order valence-electron chi connectivity index (χ1n) is 7.32. The zero-order valence-electron chi connectivity index (χ0n) is 13.6. The largest absolute Gasteiger partial charge is 0.379 e. The second kappa shape index (κ2) is 6.12. The molecule has 0 radical (unpaired) electrons. The van der Waals surface area contributed by atoms with Crippen LogP contribution in [0.25, 0.3) is 0 Å². The third kappa shape index (κ3) is 3.72. The molecule has 0 spiro atoms. The SMILES string of the molecule is CCC1(C)NC(=O)CC(C)N(CCC(C)(C)OC)C1=O. The molecule has 2 amide bonds. The molecule has 0 aliphatic carbocycles. The van der Waals surface area contributed by atoms with Crippen molar-refractivity contribution in [3.05, 3.63) is 0 Å². The normalized spacial score (nSPS) is 28.3. The summed E-state index contributed by atoms with van der Waals surface area (Å²) in [6.45, 7) is 10.3. The summed E-state index contributed by atoms with van der Waals surface area (Å²) in [7, 11) is 1.68. The minimum Gasteiger partial charge on any atom is -0.379 e.